The predicted octanol–water partition coefficient (Wildman–Crippen LogP) is 3.44. The summed E-state index contributed by atoms with van der Waals surface area (Å²) in [5, 5.41) is 6.51. The van der Waals surface area contributed by atoms with Crippen molar-refractivity contribution in [3.63, 3.8) is 0 Å². The summed E-state index contributed by atoms with van der Waals surface area (Å²) >= 11 is 0. The number of ether oxygens (including phenoxy) is 1. The van der Waals surface area contributed by atoms with Gasteiger partial charge in [-0.3, -0.25) is 0 Å². The molecular weight excluding hydrogens is 252 g/mol. The van der Waals surface area contributed by atoms with Crippen LogP contribution in [0.5, 0.6) is 0 Å². The number of rotatable bonds is 10. The Balaban J connectivity index is 2.62. The molecule has 1 atom stereocenters. The van der Waals surface area contributed by atoms with E-state index in [1.165, 1.54) is 19.3 Å². The number of aromatic nitrogens is 2. The van der Waals surface area contributed by atoms with E-state index in [1.54, 1.807) is 0 Å². The number of hydrogen-bond acceptors (Lipinski definition) is 5. The van der Waals surface area contributed by atoms with Crippen LogP contribution in [0.3, 0.4) is 0 Å². The molecule has 0 aromatic carbocycles. The molecule has 5 nitrogen and oxygen atoms in total. The van der Waals surface area contributed by atoms with E-state index < -0.39 is 0 Å². The summed E-state index contributed by atoms with van der Waals surface area (Å²) in [5.41, 5.74) is 0. The maximum absolute atomic E-state index is 5.38. The summed E-state index contributed by atoms with van der Waals surface area (Å²) in [6.07, 6.45) is 4.95. The second-order valence-electron chi connectivity index (χ2n) is 4.98. The van der Waals surface area contributed by atoms with Crippen LogP contribution in [0.1, 0.15) is 52.3 Å². The third-order valence-corrected chi connectivity index (χ3v) is 3.10. The van der Waals surface area contributed by atoms with Gasteiger partial charge in [-0.1, -0.05) is 26.2 Å². The van der Waals surface area contributed by atoms with E-state index in [4.69, 9.17) is 4.74 Å². The van der Waals surface area contributed by atoms with Gasteiger partial charge in [0.25, 0.3) is 0 Å². The van der Waals surface area contributed by atoms with Gasteiger partial charge in [-0.15, -0.1) is 0 Å². The number of nitrogens with one attached hydrogen (secondary N) is 2. The van der Waals surface area contributed by atoms with Crippen molar-refractivity contribution in [3.05, 3.63) is 11.9 Å². The number of anilines is 2. The van der Waals surface area contributed by atoms with Crippen molar-refractivity contribution < 1.29 is 4.74 Å². The maximum Gasteiger partial charge on any atom is 0.158 e. The first-order valence-corrected chi connectivity index (χ1v) is 7.59. The molecule has 1 heterocycles. The van der Waals surface area contributed by atoms with Crippen molar-refractivity contribution in [3.8, 4) is 0 Å². The molecule has 1 aromatic heterocycles. The Hall–Kier alpha value is -1.36. The van der Waals surface area contributed by atoms with E-state index in [1.807, 2.05) is 20.0 Å². The minimum Gasteiger partial charge on any atom is -0.374 e. The Morgan fingerprint density at radius 3 is 2.60 bits per heavy atom. The molecule has 0 radical (unpaired) electrons. The van der Waals surface area contributed by atoms with Gasteiger partial charge < -0.3 is 15.4 Å². The first kappa shape index (κ1) is 16.7. The van der Waals surface area contributed by atoms with Crippen LogP contribution in [0.15, 0.2) is 6.07 Å². The van der Waals surface area contributed by atoms with Crippen molar-refractivity contribution in [2.24, 2.45) is 0 Å². The van der Waals surface area contributed by atoms with E-state index in [9.17, 15) is 0 Å². The molecule has 0 bridgehead atoms. The Bertz CT molecular complexity index is 384. The van der Waals surface area contributed by atoms with Gasteiger partial charge in [0.1, 0.15) is 18.2 Å². The molecule has 1 rings (SSSR count). The Morgan fingerprint density at radius 2 is 1.95 bits per heavy atom. The highest BCUT2D eigenvalue weighted by atomic mass is 16.5. The SMILES string of the molecule is CCCCCC(C)Nc1cc(NC)nc(COCC)n1. The zero-order valence-corrected chi connectivity index (χ0v) is 13.2. The normalized spacial score (nSPS) is 12.2. The van der Waals surface area contributed by atoms with Crippen LogP contribution in [-0.2, 0) is 11.3 Å². The van der Waals surface area contributed by atoms with Gasteiger partial charge in [0.15, 0.2) is 5.82 Å². The van der Waals surface area contributed by atoms with Gasteiger partial charge in [-0.25, -0.2) is 9.97 Å². The molecule has 0 aliphatic carbocycles. The fourth-order valence-electron chi connectivity index (χ4n) is 1.98. The average molecular weight is 280 g/mol. The van der Waals surface area contributed by atoms with Gasteiger partial charge >= 0.3 is 0 Å². The Kier molecular flexibility index (Phi) is 7.95. The van der Waals surface area contributed by atoms with Gasteiger partial charge in [-0.2, -0.15) is 0 Å². The van der Waals surface area contributed by atoms with E-state index >= 15 is 0 Å². The lowest BCUT2D eigenvalue weighted by Crippen LogP contribution is -2.17. The number of hydrogen-bond donors (Lipinski definition) is 2. The molecule has 0 saturated carbocycles. The molecule has 0 aliphatic heterocycles. The first-order valence-electron chi connectivity index (χ1n) is 7.59. The third-order valence-electron chi connectivity index (χ3n) is 3.10. The van der Waals surface area contributed by atoms with Gasteiger partial charge in [-0.05, 0) is 20.3 Å². The van der Waals surface area contributed by atoms with Crippen molar-refractivity contribution in [1.82, 2.24) is 9.97 Å². The van der Waals surface area contributed by atoms with Gasteiger partial charge in [0, 0.05) is 25.8 Å². The summed E-state index contributed by atoms with van der Waals surface area (Å²) in [4.78, 5) is 8.88. The Labute approximate surface area is 122 Å². The molecule has 5 heteroatoms. The van der Waals surface area contributed by atoms with Crippen LogP contribution in [0.2, 0.25) is 0 Å². The zero-order chi connectivity index (χ0) is 14.8. The molecule has 1 aromatic rings. The van der Waals surface area contributed by atoms with Crippen LogP contribution in [0.4, 0.5) is 11.6 Å². The third kappa shape index (κ3) is 6.19. The monoisotopic (exact) mass is 280 g/mol. The van der Waals surface area contributed by atoms with Crippen molar-refractivity contribution in [2.75, 3.05) is 24.3 Å². The topological polar surface area (TPSA) is 59.1 Å². The van der Waals surface area contributed by atoms with Crippen LogP contribution >= 0.6 is 0 Å². The highest BCUT2D eigenvalue weighted by molar-refractivity contribution is 5.47. The van der Waals surface area contributed by atoms with Gasteiger partial charge in [0.2, 0.25) is 0 Å². The molecular formula is C15H28N4O. The molecule has 2 N–H and O–H groups in total. The lowest BCUT2D eigenvalue weighted by atomic mass is 10.1. The van der Waals surface area contributed by atoms with Crippen LogP contribution in [0, 0.1) is 0 Å². The second kappa shape index (κ2) is 9.53. The highest BCUT2D eigenvalue weighted by Crippen LogP contribution is 2.14. The second-order valence-corrected chi connectivity index (χ2v) is 4.98. The largest absolute Gasteiger partial charge is 0.374 e. The van der Waals surface area contributed by atoms with Crippen molar-refractivity contribution >= 4 is 11.6 Å². The maximum atomic E-state index is 5.38. The fourth-order valence-corrected chi connectivity index (χ4v) is 1.98. The van der Waals surface area contributed by atoms with E-state index in [2.05, 4.69) is 34.4 Å². The number of nitrogens with zero attached hydrogens (tertiary/aromatic N) is 2. The quantitative estimate of drug-likeness (QED) is 0.643. The van der Waals surface area contributed by atoms with E-state index in [0.717, 1.165) is 18.1 Å². The summed E-state index contributed by atoms with van der Waals surface area (Å²) in [7, 11) is 1.86. The summed E-state index contributed by atoms with van der Waals surface area (Å²) in [5.74, 6) is 2.39. The molecule has 0 amide bonds. The van der Waals surface area contributed by atoms with E-state index in [-0.39, 0.29) is 0 Å². The molecule has 0 aliphatic rings. The summed E-state index contributed by atoms with van der Waals surface area (Å²) in [6, 6.07) is 2.35. The summed E-state index contributed by atoms with van der Waals surface area (Å²) < 4.78 is 5.38. The molecule has 114 valence electrons. The first-order chi connectivity index (χ1) is 9.69. The number of unbranched alkanes of at least 4 members (excludes halogenated alkanes) is 2. The van der Waals surface area contributed by atoms with Crippen LogP contribution in [0.25, 0.3) is 0 Å². The van der Waals surface area contributed by atoms with Gasteiger partial charge in [0.05, 0.1) is 0 Å². The zero-order valence-electron chi connectivity index (χ0n) is 13.2. The smallest absolute Gasteiger partial charge is 0.158 e. The fraction of sp³-hybridized carbons (Fsp3) is 0.733. The Morgan fingerprint density at radius 1 is 1.20 bits per heavy atom. The summed E-state index contributed by atoms with van der Waals surface area (Å²) in [6.45, 7) is 7.51. The van der Waals surface area contributed by atoms with Crippen molar-refractivity contribution in [2.45, 2.75) is 59.1 Å². The molecule has 0 saturated heterocycles. The standard InChI is InChI=1S/C15H28N4O/c1-5-7-8-9-12(3)17-14-10-13(16-4)18-15(19-14)11-20-6-2/h10,12H,5-9,11H2,1-4H3,(H2,16,17,18,19). The lowest BCUT2D eigenvalue weighted by Gasteiger charge is -2.15. The highest BCUT2D eigenvalue weighted by Gasteiger charge is 2.07. The molecule has 0 spiro atoms. The van der Waals surface area contributed by atoms with E-state index in [0.29, 0.717) is 25.1 Å². The van der Waals surface area contributed by atoms with Crippen LogP contribution < -0.4 is 10.6 Å². The van der Waals surface area contributed by atoms with Crippen molar-refractivity contribution in [1.29, 1.82) is 0 Å². The minimum absolute atomic E-state index is 0.418. The predicted molar refractivity (Wildman–Crippen MR) is 84.1 cm³/mol. The molecule has 20 heavy (non-hydrogen) atoms. The molecule has 1 unspecified atom stereocenters. The average Bonchev–Trinajstić information content (AvgIpc) is 2.45. The molecule has 0 fully saturated rings. The lowest BCUT2D eigenvalue weighted by molar-refractivity contribution is 0.128. The minimum atomic E-state index is 0.418. The van der Waals surface area contributed by atoms with Crippen LogP contribution in [-0.4, -0.2) is 29.7 Å².